The first-order chi connectivity index (χ1) is 6.72. The fourth-order valence-corrected chi connectivity index (χ4v) is 1.54. The number of carbonyl (C=O) groups is 1. The van der Waals surface area contributed by atoms with Crippen molar-refractivity contribution in [2.75, 3.05) is 13.2 Å². The first-order valence-corrected chi connectivity index (χ1v) is 5.21. The smallest absolute Gasteiger partial charge is 0.220 e. The lowest BCUT2D eigenvalue weighted by molar-refractivity contribution is -0.121. The van der Waals surface area contributed by atoms with Crippen LogP contribution in [0.5, 0.6) is 0 Å². The molecular formula is C11H19NO2. The van der Waals surface area contributed by atoms with Crippen molar-refractivity contribution in [3.8, 4) is 0 Å². The minimum atomic E-state index is 0.0918. The maximum absolute atomic E-state index is 11.3. The van der Waals surface area contributed by atoms with Crippen LogP contribution in [-0.4, -0.2) is 24.2 Å². The summed E-state index contributed by atoms with van der Waals surface area (Å²) in [6.07, 6.45) is 6.09. The molecule has 0 aromatic rings. The molecule has 0 heterocycles. The average Bonchev–Trinajstić information content (AvgIpc) is 2.93. The Balaban J connectivity index is 2.13. The molecule has 1 rings (SSSR count). The summed E-state index contributed by atoms with van der Waals surface area (Å²) < 4.78 is 0. The van der Waals surface area contributed by atoms with E-state index in [-0.39, 0.29) is 17.9 Å². The number of carbonyl (C=O) groups excluding carboxylic acids is 1. The zero-order valence-electron chi connectivity index (χ0n) is 8.59. The predicted octanol–water partition coefficient (Wildman–Crippen LogP) is 1.23. The quantitative estimate of drug-likeness (QED) is 0.603. The van der Waals surface area contributed by atoms with Gasteiger partial charge in [-0.3, -0.25) is 4.79 Å². The van der Waals surface area contributed by atoms with Gasteiger partial charge in [-0.05, 0) is 31.1 Å². The van der Waals surface area contributed by atoms with Gasteiger partial charge >= 0.3 is 0 Å². The molecule has 0 unspecified atom stereocenters. The Kier molecular flexibility index (Phi) is 4.14. The van der Waals surface area contributed by atoms with Gasteiger partial charge in [0.25, 0.3) is 0 Å². The van der Waals surface area contributed by atoms with Crippen LogP contribution in [-0.2, 0) is 4.79 Å². The molecule has 0 spiro atoms. The van der Waals surface area contributed by atoms with Crippen molar-refractivity contribution >= 4 is 5.91 Å². The molecule has 80 valence electrons. The van der Waals surface area contributed by atoms with Crippen molar-refractivity contribution in [1.82, 2.24) is 5.32 Å². The number of amides is 1. The zero-order valence-corrected chi connectivity index (χ0v) is 8.59. The monoisotopic (exact) mass is 197 g/mol. The summed E-state index contributed by atoms with van der Waals surface area (Å²) in [5.74, 6) is 0.0918. The van der Waals surface area contributed by atoms with Crippen LogP contribution in [0.25, 0.3) is 0 Å². The molecule has 0 bridgehead atoms. The van der Waals surface area contributed by atoms with Crippen LogP contribution in [0.3, 0.4) is 0 Å². The van der Waals surface area contributed by atoms with Gasteiger partial charge in [-0.2, -0.15) is 0 Å². The Hall–Kier alpha value is -0.830. The molecule has 2 N–H and O–H groups in total. The second kappa shape index (κ2) is 5.15. The van der Waals surface area contributed by atoms with Crippen molar-refractivity contribution in [1.29, 1.82) is 0 Å². The van der Waals surface area contributed by atoms with Crippen LogP contribution in [0.2, 0.25) is 0 Å². The van der Waals surface area contributed by atoms with Crippen molar-refractivity contribution in [2.24, 2.45) is 5.41 Å². The van der Waals surface area contributed by atoms with Gasteiger partial charge in [-0.15, -0.1) is 6.58 Å². The second-order valence-electron chi connectivity index (χ2n) is 4.08. The van der Waals surface area contributed by atoms with E-state index in [1.807, 2.05) is 0 Å². The van der Waals surface area contributed by atoms with Crippen LogP contribution < -0.4 is 5.32 Å². The Morgan fingerprint density at radius 2 is 2.29 bits per heavy atom. The van der Waals surface area contributed by atoms with Crippen molar-refractivity contribution < 1.29 is 9.90 Å². The lowest BCUT2D eigenvalue weighted by atomic mass is 10.0. The molecule has 0 saturated heterocycles. The van der Waals surface area contributed by atoms with E-state index in [0.717, 1.165) is 32.2 Å². The van der Waals surface area contributed by atoms with Crippen molar-refractivity contribution in [3.63, 3.8) is 0 Å². The van der Waals surface area contributed by atoms with Crippen LogP contribution >= 0.6 is 0 Å². The van der Waals surface area contributed by atoms with E-state index >= 15 is 0 Å². The van der Waals surface area contributed by atoms with Gasteiger partial charge in [-0.1, -0.05) is 6.08 Å². The largest absolute Gasteiger partial charge is 0.396 e. The van der Waals surface area contributed by atoms with Gasteiger partial charge in [0.2, 0.25) is 5.91 Å². The maximum atomic E-state index is 11.3. The molecule has 0 radical (unpaired) electrons. The molecule has 1 aliphatic carbocycles. The van der Waals surface area contributed by atoms with Crippen molar-refractivity contribution in [3.05, 3.63) is 12.7 Å². The van der Waals surface area contributed by atoms with E-state index in [1.165, 1.54) is 0 Å². The topological polar surface area (TPSA) is 49.3 Å². The maximum Gasteiger partial charge on any atom is 0.220 e. The third-order valence-electron chi connectivity index (χ3n) is 2.84. The van der Waals surface area contributed by atoms with Gasteiger partial charge in [-0.25, -0.2) is 0 Å². The summed E-state index contributed by atoms with van der Waals surface area (Å²) in [6.45, 7) is 4.52. The molecule has 3 heteroatoms. The zero-order chi connectivity index (χ0) is 10.4. The average molecular weight is 197 g/mol. The van der Waals surface area contributed by atoms with E-state index < -0.39 is 0 Å². The van der Waals surface area contributed by atoms with Crippen LogP contribution in [0.15, 0.2) is 12.7 Å². The summed E-state index contributed by atoms with van der Waals surface area (Å²) in [7, 11) is 0. The SMILES string of the molecule is C=CCCC(=O)NCC1(CCO)CC1. The number of hydrogen-bond donors (Lipinski definition) is 2. The normalized spacial score (nSPS) is 17.5. The first kappa shape index (κ1) is 11.2. The summed E-state index contributed by atoms with van der Waals surface area (Å²) in [5.41, 5.74) is 0.221. The number of nitrogens with one attached hydrogen (secondary N) is 1. The summed E-state index contributed by atoms with van der Waals surface area (Å²) in [4.78, 5) is 11.3. The molecule has 1 saturated carbocycles. The van der Waals surface area contributed by atoms with E-state index in [0.29, 0.717) is 6.42 Å². The van der Waals surface area contributed by atoms with E-state index in [4.69, 9.17) is 5.11 Å². The molecule has 0 aliphatic heterocycles. The fraction of sp³-hybridized carbons (Fsp3) is 0.727. The Bertz CT molecular complexity index is 209. The highest BCUT2D eigenvalue weighted by atomic mass is 16.3. The van der Waals surface area contributed by atoms with Crippen LogP contribution in [0.1, 0.15) is 32.1 Å². The number of aliphatic hydroxyl groups excluding tert-OH is 1. The summed E-state index contributed by atoms with van der Waals surface area (Å²) in [6, 6.07) is 0. The minimum Gasteiger partial charge on any atom is -0.396 e. The third kappa shape index (κ3) is 3.50. The van der Waals surface area contributed by atoms with Crippen LogP contribution in [0, 0.1) is 5.41 Å². The Morgan fingerprint density at radius 3 is 2.79 bits per heavy atom. The molecule has 1 aliphatic rings. The lowest BCUT2D eigenvalue weighted by Crippen LogP contribution is -2.30. The van der Waals surface area contributed by atoms with Crippen molar-refractivity contribution in [2.45, 2.75) is 32.1 Å². The highest BCUT2D eigenvalue weighted by Crippen LogP contribution is 2.47. The number of hydrogen-bond acceptors (Lipinski definition) is 2. The molecule has 14 heavy (non-hydrogen) atoms. The minimum absolute atomic E-state index is 0.0918. The Labute approximate surface area is 85.2 Å². The molecule has 0 aromatic carbocycles. The van der Waals surface area contributed by atoms with Gasteiger partial charge in [0.05, 0.1) is 0 Å². The molecule has 0 atom stereocenters. The number of aliphatic hydroxyl groups is 1. The van der Waals surface area contributed by atoms with Gasteiger partial charge < -0.3 is 10.4 Å². The van der Waals surface area contributed by atoms with E-state index in [9.17, 15) is 4.79 Å². The van der Waals surface area contributed by atoms with E-state index in [2.05, 4.69) is 11.9 Å². The Morgan fingerprint density at radius 1 is 1.57 bits per heavy atom. The second-order valence-corrected chi connectivity index (χ2v) is 4.08. The van der Waals surface area contributed by atoms with E-state index in [1.54, 1.807) is 6.08 Å². The predicted molar refractivity (Wildman–Crippen MR) is 55.8 cm³/mol. The molecule has 1 amide bonds. The van der Waals surface area contributed by atoms with Gasteiger partial charge in [0.1, 0.15) is 0 Å². The first-order valence-electron chi connectivity index (χ1n) is 5.21. The number of rotatable bonds is 7. The van der Waals surface area contributed by atoms with Gasteiger partial charge in [0, 0.05) is 19.6 Å². The molecule has 0 aromatic heterocycles. The lowest BCUT2D eigenvalue weighted by Gasteiger charge is -2.14. The standard InChI is InChI=1S/C11H19NO2/c1-2-3-4-10(14)12-9-11(5-6-11)7-8-13/h2,13H,1,3-9H2,(H,12,14). The molecule has 1 fully saturated rings. The summed E-state index contributed by atoms with van der Waals surface area (Å²) in [5, 5.41) is 11.7. The fourth-order valence-electron chi connectivity index (χ4n) is 1.54. The summed E-state index contributed by atoms with van der Waals surface area (Å²) >= 11 is 0. The van der Waals surface area contributed by atoms with Crippen LogP contribution in [0.4, 0.5) is 0 Å². The molecular weight excluding hydrogens is 178 g/mol. The highest BCUT2D eigenvalue weighted by molar-refractivity contribution is 5.76. The highest BCUT2D eigenvalue weighted by Gasteiger charge is 2.41. The third-order valence-corrected chi connectivity index (χ3v) is 2.84. The number of allylic oxidation sites excluding steroid dienone is 1. The molecule has 3 nitrogen and oxygen atoms in total. The van der Waals surface area contributed by atoms with Gasteiger partial charge in [0.15, 0.2) is 0 Å².